The van der Waals surface area contributed by atoms with Crippen LogP contribution < -0.4 is 0 Å². The predicted octanol–water partition coefficient (Wildman–Crippen LogP) is 0.933. The first-order chi connectivity index (χ1) is 22.9. The predicted molar refractivity (Wildman–Crippen MR) is 176 cm³/mol. The van der Waals surface area contributed by atoms with Crippen molar-refractivity contribution in [2.75, 3.05) is 6.61 Å². The van der Waals surface area contributed by atoms with Crippen molar-refractivity contribution in [2.24, 2.45) is 39.9 Å². The van der Waals surface area contributed by atoms with Crippen LogP contribution in [0.1, 0.15) is 81.1 Å². The normalized spacial score (nSPS) is 44.1. The molecule has 1 saturated heterocycles. The van der Waals surface area contributed by atoms with Gasteiger partial charge in [-0.15, -0.1) is 0 Å². The number of aliphatic hydroxyl groups is 6. The Hall–Kier alpha value is -2.36. The van der Waals surface area contributed by atoms with E-state index in [2.05, 4.69) is 0 Å². The van der Waals surface area contributed by atoms with E-state index in [1.54, 1.807) is 27.7 Å². The molecule has 0 amide bonds. The number of rotatable bonds is 8. The number of carbonyl (C=O) groups excluding carboxylic acids is 4. The lowest BCUT2D eigenvalue weighted by molar-refractivity contribution is -0.310. The van der Waals surface area contributed by atoms with Gasteiger partial charge in [0.1, 0.15) is 47.5 Å². The minimum Gasteiger partial charge on any atom is -0.456 e. The number of allylic oxidation sites excluding steroid dienone is 2. The van der Waals surface area contributed by atoms with E-state index in [4.69, 9.17) is 14.2 Å². The summed E-state index contributed by atoms with van der Waals surface area (Å²) in [5, 5.41) is 64.4. The largest absolute Gasteiger partial charge is 0.456 e. The zero-order valence-corrected chi connectivity index (χ0v) is 30.2. The van der Waals surface area contributed by atoms with Crippen molar-refractivity contribution in [2.45, 2.75) is 135 Å². The molecule has 14 atom stereocenters. The highest BCUT2D eigenvalue weighted by atomic mass is 16.7. The Labute approximate surface area is 292 Å². The second-order valence-electron chi connectivity index (χ2n) is 17.0. The van der Waals surface area contributed by atoms with Crippen LogP contribution >= 0.6 is 0 Å². The molecule has 5 aliphatic rings. The van der Waals surface area contributed by atoms with Gasteiger partial charge < -0.3 is 44.8 Å². The van der Waals surface area contributed by atoms with Gasteiger partial charge in [0.05, 0.1) is 12.7 Å². The second kappa shape index (κ2) is 12.9. The van der Waals surface area contributed by atoms with Crippen LogP contribution in [0.2, 0.25) is 0 Å². The molecule has 0 bridgehead atoms. The van der Waals surface area contributed by atoms with Crippen LogP contribution in [0.15, 0.2) is 23.8 Å². The molecule has 0 aromatic heterocycles. The molecule has 0 unspecified atom stereocenters. The summed E-state index contributed by atoms with van der Waals surface area (Å²) in [5.74, 6) is -3.98. The number of fused-ring (bicyclic) bond motifs is 5. The van der Waals surface area contributed by atoms with E-state index < -0.39 is 106 Å². The van der Waals surface area contributed by atoms with E-state index in [0.29, 0.717) is 6.42 Å². The zero-order chi connectivity index (χ0) is 37.5. The van der Waals surface area contributed by atoms with Gasteiger partial charge in [-0.1, -0.05) is 25.5 Å². The highest BCUT2D eigenvalue weighted by Gasteiger charge is 2.72. The first kappa shape index (κ1) is 38.9. The average Bonchev–Trinajstić information content (AvgIpc) is 3.22. The molecule has 4 aliphatic carbocycles. The fourth-order valence-corrected chi connectivity index (χ4v) is 10.4. The maximum absolute atomic E-state index is 14.5. The van der Waals surface area contributed by atoms with Gasteiger partial charge in [-0.05, 0) is 88.7 Å². The van der Waals surface area contributed by atoms with Crippen molar-refractivity contribution < 1.29 is 64.0 Å². The molecule has 0 radical (unpaired) electrons. The van der Waals surface area contributed by atoms with Crippen molar-refractivity contribution in [3.8, 4) is 0 Å². The van der Waals surface area contributed by atoms with Gasteiger partial charge in [0.2, 0.25) is 0 Å². The maximum Gasteiger partial charge on any atom is 0.303 e. The van der Waals surface area contributed by atoms with E-state index in [1.807, 2.05) is 19.9 Å². The first-order valence-electron chi connectivity index (χ1n) is 17.5. The number of Topliss-reactive ketones (excluding diaryl/α,β-unsaturated/α-hetero) is 2. The maximum atomic E-state index is 14.5. The van der Waals surface area contributed by atoms with Crippen LogP contribution in [0.25, 0.3) is 0 Å². The lowest BCUT2D eigenvalue weighted by Crippen LogP contribution is -2.63. The first-order valence-corrected chi connectivity index (χ1v) is 17.5. The molecular weight excluding hydrogens is 652 g/mol. The minimum atomic E-state index is -2.07. The molecule has 0 aromatic rings. The van der Waals surface area contributed by atoms with Crippen molar-refractivity contribution in [3.05, 3.63) is 23.8 Å². The molecule has 13 heteroatoms. The summed E-state index contributed by atoms with van der Waals surface area (Å²) in [6.07, 6.45) is -4.75. The number of aliphatic hydroxyl groups excluding tert-OH is 5. The van der Waals surface area contributed by atoms with Crippen molar-refractivity contribution >= 4 is 23.3 Å². The summed E-state index contributed by atoms with van der Waals surface area (Å²) >= 11 is 0. The second-order valence-corrected chi connectivity index (χ2v) is 17.0. The van der Waals surface area contributed by atoms with Crippen LogP contribution in [0.3, 0.4) is 0 Å². The van der Waals surface area contributed by atoms with E-state index in [9.17, 15) is 49.8 Å². The molecule has 13 nitrogen and oxygen atoms in total. The summed E-state index contributed by atoms with van der Waals surface area (Å²) < 4.78 is 16.8. The number of ketones is 3. The Bertz CT molecular complexity index is 1460. The van der Waals surface area contributed by atoms with Gasteiger partial charge >= 0.3 is 5.97 Å². The van der Waals surface area contributed by atoms with Crippen molar-refractivity contribution in [1.82, 2.24) is 0 Å². The van der Waals surface area contributed by atoms with Crippen LogP contribution in [-0.4, -0.2) is 115 Å². The number of carbonyl (C=O) groups is 4. The smallest absolute Gasteiger partial charge is 0.303 e. The van der Waals surface area contributed by atoms with E-state index in [-0.39, 0.29) is 36.7 Å². The summed E-state index contributed by atoms with van der Waals surface area (Å²) in [4.78, 5) is 53.5. The number of esters is 1. The molecule has 0 spiro atoms. The van der Waals surface area contributed by atoms with Gasteiger partial charge in [0, 0.05) is 30.6 Å². The van der Waals surface area contributed by atoms with Crippen LogP contribution in [0.4, 0.5) is 0 Å². The summed E-state index contributed by atoms with van der Waals surface area (Å²) in [6.45, 7) is 12.5. The van der Waals surface area contributed by atoms with Gasteiger partial charge in [-0.2, -0.15) is 0 Å². The standard InChI is InChI=1S/C37H54O13/c1-17(39)50-33(2,3)12-11-25(42)37(8,47)30-22(41)15-35(6)20-10-9-19-18(26(20)21(40)14-36(30,35)7)13-23(31(46)34(19,4)5)48-32-29(45)28(44)27(43)24(16-38)49-32/h9,11-12,18,20,22-24,26-30,32,38,41,43-45,47H,10,13-16H2,1-8H3/b12-11+/t18-,20-,22-,23+,24-,26+,27-,28+,29-,30+,32-,35+,36-,37+/m1/s1. The highest BCUT2D eigenvalue weighted by molar-refractivity contribution is 5.97. The van der Waals surface area contributed by atoms with Gasteiger partial charge in [0.15, 0.2) is 17.9 Å². The summed E-state index contributed by atoms with van der Waals surface area (Å²) in [7, 11) is 0. The molecular formula is C37H54O13. The Balaban J connectivity index is 1.45. The molecule has 280 valence electrons. The molecule has 5 rings (SSSR count). The molecule has 6 N–H and O–H groups in total. The molecule has 4 fully saturated rings. The van der Waals surface area contributed by atoms with E-state index in [1.165, 1.54) is 19.9 Å². The Morgan fingerprint density at radius 2 is 1.66 bits per heavy atom. The molecule has 0 aromatic carbocycles. The van der Waals surface area contributed by atoms with Crippen LogP contribution in [0, 0.1) is 39.9 Å². The number of hydrogen-bond donors (Lipinski definition) is 6. The topological polar surface area (TPSA) is 217 Å². The van der Waals surface area contributed by atoms with E-state index >= 15 is 0 Å². The SMILES string of the molecule is CC(=O)OC(C)(C)/C=C/C(=O)[C@](C)(O)[C@H]1[C@H](O)C[C@@]2(C)[C@@H]3CC=C4[C@@H](C[C@H](O[C@@H]5O[C@H](CO)[C@@H](O)[C@H](O)[C@H]5O)C(=O)C4(C)C)[C@@H]3C(=O)C[C@]12C. The molecule has 50 heavy (non-hydrogen) atoms. The van der Waals surface area contributed by atoms with Crippen molar-refractivity contribution in [1.29, 1.82) is 0 Å². The summed E-state index contributed by atoms with van der Waals surface area (Å²) in [6, 6.07) is 0. The highest BCUT2D eigenvalue weighted by Crippen LogP contribution is 2.71. The number of hydrogen-bond acceptors (Lipinski definition) is 13. The zero-order valence-electron chi connectivity index (χ0n) is 30.2. The quantitative estimate of drug-likeness (QED) is 0.118. The lowest BCUT2D eigenvalue weighted by Gasteiger charge is -2.60. The average molecular weight is 707 g/mol. The third kappa shape index (κ3) is 6.05. The third-order valence-corrected chi connectivity index (χ3v) is 13.0. The Morgan fingerprint density at radius 1 is 1.02 bits per heavy atom. The minimum absolute atomic E-state index is 0.0329. The van der Waals surface area contributed by atoms with Gasteiger partial charge in [-0.25, -0.2) is 0 Å². The summed E-state index contributed by atoms with van der Waals surface area (Å²) in [5.41, 5.74) is -5.17. The monoisotopic (exact) mass is 706 g/mol. The molecule has 1 aliphatic heterocycles. The fraction of sp³-hybridized carbons (Fsp3) is 0.784. The van der Waals surface area contributed by atoms with Crippen LogP contribution in [-0.2, 0) is 33.4 Å². The number of ether oxygens (including phenoxy) is 3. The molecule has 3 saturated carbocycles. The Kier molecular flexibility index (Phi) is 10.1. The van der Waals surface area contributed by atoms with Crippen LogP contribution in [0.5, 0.6) is 0 Å². The molecule has 1 heterocycles. The van der Waals surface area contributed by atoms with Gasteiger partial charge in [-0.3, -0.25) is 19.2 Å². The van der Waals surface area contributed by atoms with Crippen molar-refractivity contribution in [3.63, 3.8) is 0 Å². The fourth-order valence-electron chi connectivity index (χ4n) is 10.4. The van der Waals surface area contributed by atoms with Gasteiger partial charge in [0.25, 0.3) is 0 Å². The lowest BCUT2D eigenvalue weighted by atomic mass is 9.43. The Morgan fingerprint density at radius 3 is 2.26 bits per heavy atom. The third-order valence-electron chi connectivity index (χ3n) is 13.0. The van der Waals surface area contributed by atoms with E-state index in [0.717, 1.165) is 11.6 Å².